The quantitative estimate of drug-likeness (QED) is 0.506. The summed E-state index contributed by atoms with van der Waals surface area (Å²) in [5.74, 6) is 0.319. The highest BCUT2D eigenvalue weighted by Gasteiger charge is 2.08. The Labute approximate surface area is 71.0 Å². The van der Waals surface area contributed by atoms with Gasteiger partial charge in [0.25, 0.3) is 0 Å². The molecule has 0 amide bonds. The fraction of sp³-hybridized carbons (Fsp3) is 0.714. The lowest BCUT2D eigenvalue weighted by Gasteiger charge is -2.01. The van der Waals surface area contributed by atoms with Gasteiger partial charge in [0.2, 0.25) is 0 Å². The van der Waals surface area contributed by atoms with Crippen molar-refractivity contribution in [3.63, 3.8) is 0 Å². The lowest BCUT2D eigenvalue weighted by molar-refractivity contribution is -0.135. The third-order valence-corrected chi connectivity index (χ3v) is 1.69. The van der Waals surface area contributed by atoms with Crippen LogP contribution in [0.3, 0.4) is 0 Å². The van der Waals surface area contributed by atoms with Crippen LogP contribution in [0.5, 0.6) is 0 Å². The number of carbonyl (C=O) groups excluding carboxylic acids is 1. The average molecular weight is 175 g/mol. The minimum atomic E-state index is -0.485. The van der Waals surface area contributed by atoms with E-state index in [-0.39, 0.29) is 5.71 Å². The number of thioether (sulfide) groups is 1. The van der Waals surface area contributed by atoms with Gasteiger partial charge >= 0.3 is 5.97 Å². The predicted octanol–water partition coefficient (Wildman–Crippen LogP) is 1.32. The van der Waals surface area contributed by atoms with Crippen LogP contribution in [0.2, 0.25) is 0 Å². The molecule has 1 N–H and O–H groups in total. The molecule has 0 radical (unpaired) electrons. The summed E-state index contributed by atoms with van der Waals surface area (Å²) < 4.78 is 4.63. The van der Waals surface area contributed by atoms with Crippen LogP contribution in [0.4, 0.5) is 0 Å². The molecule has 0 heterocycles. The van der Waals surface area contributed by atoms with E-state index < -0.39 is 5.97 Å². The molecule has 0 aliphatic heterocycles. The van der Waals surface area contributed by atoms with Gasteiger partial charge in [-0.25, -0.2) is 4.79 Å². The van der Waals surface area contributed by atoms with E-state index >= 15 is 0 Å². The number of carbonyl (C=O) groups is 1. The van der Waals surface area contributed by atoms with E-state index in [9.17, 15) is 4.79 Å². The Hall–Kier alpha value is -0.510. The third-order valence-electron chi connectivity index (χ3n) is 1.08. The molecule has 0 fully saturated rings. The molecule has 0 spiro atoms. The van der Waals surface area contributed by atoms with Crippen LogP contribution in [0.25, 0.3) is 0 Å². The van der Waals surface area contributed by atoms with Crippen molar-refractivity contribution in [2.24, 2.45) is 0 Å². The number of hydrogen-bond donors (Lipinski definition) is 1. The SMILES string of the molecule is CCOC(=O)C(=N)CCSC. The van der Waals surface area contributed by atoms with Gasteiger partial charge < -0.3 is 4.74 Å². The van der Waals surface area contributed by atoms with Crippen molar-refractivity contribution in [2.75, 3.05) is 18.6 Å². The first-order chi connectivity index (χ1) is 5.22. The topological polar surface area (TPSA) is 50.2 Å². The van der Waals surface area contributed by atoms with Crippen LogP contribution in [0.15, 0.2) is 0 Å². The van der Waals surface area contributed by atoms with Gasteiger partial charge in [-0.3, -0.25) is 5.41 Å². The van der Waals surface area contributed by atoms with Gasteiger partial charge in [0.15, 0.2) is 0 Å². The smallest absolute Gasteiger partial charge is 0.351 e. The molecule has 0 rings (SSSR count). The van der Waals surface area contributed by atoms with E-state index in [4.69, 9.17) is 5.41 Å². The normalized spacial score (nSPS) is 9.27. The summed E-state index contributed by atoms with van der Waals surface area (Å²) in [6.45, 7) is 2.08. The minimum Gasteiger partial charge on any atom is -0.462 e. The molecule has 0 aromatic carbocycles. The van der Waals surface area contributed by atoms with Crippen LogP contribution >= 0.6 is 11.8 Å². The Kier molecular flexibility index (Phi) is 5.93. The number of esters is 1. The molecule has 0 aliphatic rings. The molecular formula is C7H13NO2S. The van der Waals surface area contributed by atoms with Crippen LogP contribution in [-0.2, 0) is 9.53 Å². The van der Waals surface area contributed by atoms with Crippen molar-refractivity contribution >= 4 is 23.4 Å². The maximum atomic E-state index is 10.8. The van der Waals surface area contributed by atoms with E-state index in [0.717, 1.165) is 5.75 Å². The standard InChI is InChI=1S/C7H13NO2S/c1-3-10-7(9)6(8)4-5-11-2/h8H,3-5H2,1-2H3. The summed E-state index contributed by atoms with van der Waals surface area (Å²) in [7, 11) is 0. The molecule has 0 aliphatic carbocycles. The third kappa shape index (κ3) is 4.84. The van der Waals surface area contributed by atoms with E-state index in [2.05, 4.69) is 4.74 Å². The Morgan fingerprint density at radius 1 is 1.64 bits per heavy atom. The van der Waals surface area contributed by atoms with Gasteiger partial charge in [-0.15, -0.1) is 0 Å². The second-order valence-electron chi connectivity index (χ2n) is 1.94. The second kappa shape index (κ2) is 6.22. The Morgan fingerprint density at radius 2 is 2.27 bits per heavy atom. The van der Waals surface area contributed by atoms with Crippen molar-refractivity contribution in [1.82, 2.24) is 0 Å². The van der Waals surface area contributed by atoms with Crippen molar-refractivity contribution in [1.29, 1.82) is 5.41 Å². The second-order valence-corrected chi connectivity index (χ2v) is 2.93. The van der Waals surface area contributed by atoms with Gasteiger partial charge in [0.1, 0.15) is 5.71 Å². The molecule has 11 heavy (non-hydrogen) atoms. The van der Waals surface area contributed by atoms with E-state index in [1.54, 1.807) is 18.7 Å². The predicted molar refractivity (Wildman–Crippen MR) is 47.4 cm³/mol. The van der Waals surface area contributed by atoms with Crippen LogP contribution in [-0.4, -0.2) is 30.3 Å². The summed E-state index contributed by atoms with van der Waals surface area (Å²) in [6.07, 6.45) is 2.44. The lowest BCUT2D eigenvalue weighted by Crippen LogP contribution is -2.16. The van der Waals surface area contributed by atoms with Gasteiger partial charge in [0.05, 0.1) is 6.61 Å². The molecule has 0 aromatic rings. The monoisotopic (exact) mass is 175 g/mol. The summed E-state index contributed by atoms with van der Waals surface area (Å²) in [4.78, 5) is 10.8. The molecule has 0 unspecified atom stereocenters. The van der Waals surface area contributed by atoms with E-state index in [0.29, 0.717) is 13.0 Å². The molecule has 0 saturated carbocycles. The van der Waals surface area contributed by atoms with Crippen LogP contribution in [0.1, 0.15) is 13.3 Å². The maximum absolute atomic E-state index is 10.8. The van der Waals surface area contributed by atoms with Crippen molar-refractivity contribution in [3.05, 3.63) is 0 Å². The summed E-state index contributed by atoms with van der Waals surface area (Å²) >= 11 is 1.62. The lowest BCUT2D eigenvalue weighted by atomic mass is 10.3. The van der Waals surface area contributed by atoms with Gasteiger partial charge in [-0.1, -0.05) is 0 Å². The average Bonchev–Trinajstić information content (AvgIpc) is 2.00. The maximum Gasteiger partial charge on any atom is 0.351 e. The first-order valence-corrected chi connectivity index (χ1v) is 4.85. The summed E-state index contributed by atoms with van der Waals surface area (Å²) in [5, 5.41) is 7.21. The first-order valence-electron chi connectivity index (χ1n) is 3.45. The summed E-state index contributed by atoms with van der Waals surface area (Å²) in [5.41, 5.74) is 0.0706. The minimum absolute atomic E-state index is 0.0706. The van der Waals surface area contributed by atoms with Gasteiger partial charge in [-0.05, 0) is 18.9 Å². The van der Waals surface area contributed by atoms with Crippen LogP contribution in [0, 0.1) is 5.41 Å². The Morgan fingerprint density at radius 3 is 2.73 bits per heavy atom. The molecule has 3 nitrogen and oxygen atoms in total. The van der Waals surface area contributed by atoms with E-state index in [1.165, 1.54) is 0 Å². The molecule has 0 saturated heterocycles. The Bertz CT molecular complexity index is 147. The number of hydrogen-bond acceptors (Lipinski definition) is 4. The number of rotatable bonds is 5. The highest BCUT2D eigenvalue weighted by molar-refractivity contribution is 7.98. The molecule has 64 valence electrons. The zero-order valence-electron chi connectivity index (χ0n) is 6.85. The Balaban J connectivity index is 3.56. The summed E-state index contributed by atoms with van der Waals surface area (Å²) in [6, 6.07) is 0. The zero-order valence-corrected chi connectivity index (χ0v) is 7.66. The highest BCUT2D eigenvalue weighted by atomic mass is 32.2. The molecular weight excluding hydrogens is 162 g/mol. The largest absolute Gasteiger partial charge is 0.462 e. The van der Waals surface area contributed by atoms with Crippen LogP contribution < -0.4 is 0 Å². The number of ether oxygens (including phenoxy) is 1. The molecule has 0 bridgehead atoms. The molecule has 0 atom stereocenters. The van der Waals surface area contributed by atoms with Gasteiger partial charge in [-0.2, -0.15) is 11.8 Å². The van der Waals surface area contributed by atoms with Crippen molar-refractivity contribution in [3.8, 4) is 0 Å². The molecule has 0 aromatic heterocycles. The van der Waals surface area contributed by atoms with Gasteiger partial charge in [0, 0.05) is 6.42 Å². The molecule has 4 heteroatoms. The fourth-order valence-electron chi connectivity index (χ4n) is 0.524. The highest BCUT2D eigenvalue weighted by Crippen LogP contribution is 1.97. The van der Waals surface area contributed by atoms with Crippen molar-refractivity contribution in [2.45, 2.75) is 13.3 Å². The first kappa shape index (κ1) is 10.5. The van der Waals surface area contributed by atoms with E-state index in [1.807, 2.05) is 6.26 Å². The van der Waals surface area contributed by atoms with Crippen molar-refractivity contribution < 1.29 is 9.53 Å². The number of nitrogens with one attached hydrogen (secondary N) is 1. The fourth-order valence-corrected chi connectivity index (χ4v) is 0.933. The zero-order chi connectivity index (χ0) is 8.69.